The molecular weight excluding hydrogens is 526 g/mol. The van der Waals surface area contributed by atoms with Gasteiger partial charge >= 0.3 is 5.97 Å². The topological polar surface area (TPSA) is 128 Å². The Hall–Kier alpha value is -2.71. The van der Waals surface area contributed by atoms with E-state index < -0.39 is 44.5 Å². The van der Waals surface area contributed by atoms with E-state index in [0.29, 0.717) is 28.2 Å². The average Bonchev–Trinajstić information content (AvgIpc) is 3.19. The van der Waals surface area contributed by atoms with Crippen LogP contribution in [0.25, 0.3) is 16.3 Å². The van der Waals surface area contributed by atoms with E-state index in [1.807, 2.05) is 6.92 Å². The first-order chi connectivity index (χ1) is 17.1. The van der Waals surface area contributed by atoms with Crippen LogP contribution in [0.15, 0.2) is 17.2 Å². The fourth-order valence-electron chi connectivity index (χ4n) is 3.76. The highest BCUT2D eigenvalue weighted by Crippen LogP contribution is 2.38. The molecule has 10 nitrogen and oxygen atoms in total. The summed E-state index contributed by atoms with van der Waals surface area (Å²) < 4.78 is 62.6. The number of hydrogen-bond acceptors (Lipinski definition) is 9. The number of pyridine rings is 1. The Kier molecular flexibility index (Phi) is 7.05. The first-order valence-corrected chi connectivity index (χ1v) is 14.0. The van der Waals surface area contributed by atoms with E-state index in [9.17, 15) is 22.0 Å². The number of esters is 1. The van der Waals surface area contributed by atoms with Gasteiger partial charge in [0.2, 0.25) is 10.0 Å². The number of aromatic nitrogens is 4. The summed E-state index contributed by atoms with van der Waals surface area (Å²) in [4.78, 5) is 17.3. The number of hydrogen-bond donors (Lipinski definition) is 2. The lowest BCUT2D eigenvalue weighted by molar-refractivity contribution is -0.159. The third-order valence-electron chi connectivity index (χ3n) is 5.87. The van der Waals surface area contributed by atoms with Crippen LogP contribution in [0.3, 0.4) is 0 Å². The summed E-state index contributed by atoms with van der Waals surface area (Å²) >= 11 is 0.669. The van der Waals surface area contributed by atoms with E-state index in [-0.39, 0.29) is 22.1 Å². The van der Waals surface area contributed by atoms with E-state index in [4.69, 9.17) is 4.74 Å². The molecule has 1 atom stereocenters. The molecule has 2 N–H and O–H groups in total. The molecule has 1 aliphatic rings. The van der Waals surface area contributed by atoms with Crippen LogP contribution >= 0.6 is 11.3 Å². The van der Waals surface area contributed by atoms with Gasteiger partial charge in [-0.15, -0.1) is 10.2 Å². The summed E-state index contributed by atoms with van der Waals surface area (Å²) in [5.74, 6) is -0.850. The summed E-state index contributed by atoms with van der Waals surface area (Å²) in [6.07, 6.45) is 0.208. The summed E-state index contributed by atoms with van der Waals surface area (Å²) in [6.45, 7) is 8.85. The minimum Gasteiger partial charge on any atom is -0.460 e. The van der Waals surface area contributed by atoms with Gasteiger partial charge in [-0.1, -0.05) is 18.3 Å². The van der Waals surface area contributed by atoms with Crippen LogP contribution in [0.1, 0.15) is 64.6 Å². The molecule has 1 saturated carbocycles. The van der Waals surface area contributed by atoms with Crippen molar-refractivity contribution in [2.75, 3.05) is 12.4 Å². The number of ether oxygens (including phenoxy) is 1. The molecule has 14 heteroatoms. The first-order valence-electron chi connectivity index (χ1n) is 11.7. The van der Waals surface area contributed by atoms with Gasteiger partial charge in [0.05, 0.1) is 22.8 Å². The molecule has 3 heterocycles. The number of sulfonamides is 1. The highest BCUT2D eigenvalue weighted by molar-refractivity contribution is 7.89. The maximum absolute atomic E-state index is 13.2. The number of halogens is 2. The SMILES string of the molecule is CNc1cc(S(=O)(=O)NC2(C)CC2)cn2c(-c3nnc(C(F)F)s3)nc(CC(C)C(=O)OC(C)(C)C)c12. The van der Waals surface area contributed by atoms with Crippen molar-refractivity contribution in [3.63, 3.8) is 0 Å². The van der Waals surface area contributed by atoms with Crippen molar-refractivity contribution < 1.29 is 26.7 Å². The molecule has 202 valence electrons. The number of fused-ring (bicyclic) bond motifs is 1. The quantitative estimate of drug-likeness (QED) is 0.376. The van der Waals surface area contributed by atoms with Crippen molar-refractivity contribution in [1.82, 2.24) is 24.3 Å². The van der Waals surface area contributed by atoms with Gasteiger partial charge in [-0.3, -0.25) is 9.20 Å². The fraction of sp³-hybridized carbons (Fsp3) is 0.565. The van der Waals surface area contributed by atoms with Gasteiger partial charge in [0.25, 0.3) is 6.43 Å². The smallest absolute Gasteiger partial charge is 0.309 e. The van der Waals surface area contributed by atoms with E-state index in [0.717, 1.165) is 12.8 Å². The first kappa shape index (κ1) is 27.3. The molecule has 1 aliphatic carbocycles. The Morgan fingerprint density at radius 3 is 2.51 bits per heavy atom. The number of alkyl halides is 2. The zero-order chi connectivity index (χ0) is 27.3. The van der Waals surface area contributed by atoms with Crippen LogP contribution in [0.4, 0.5) is 14.5 Å². The lowest BCUT2D eigenvalue weighted by Crippen LogP contribution is -2.34. The molecule has 3 aromatic heterocycles. The Labute approximate surface area is 217 Å². The number of carbonyl (C=O) groups is 1. The summed E-state index contributed by atoms with van der Waals surface area (Å²) in [5.41, 5.74) is 0.226. The molecule has 37 heavy (non-hydrogen) atoms. The molecule has 0 spiro atoms. The summed E-state index contributed by atoms with van der Waals surface area (Å²) in [7, 11) is -2.27. The number of anilines is 1. The minimum atomic E-state index is -3.90. The monoisotopic (exact) mass is 556 g/mol. The third kappa shape index (κ3) is 5.91. The molecule has 0 bridgehead atoms. The molecule has 0 aliphatic heterocycles. The Morgan fingerprint density at radius 1 is 1.30 bits per heavy atom. The number of nitrogens with one attached hydrogen (secondary N) is 2. The van der Waals surface area contributed by atoms with Gasteiger partial charge < -0.3 is 10.1 Å². The molecule has 1 fully saturated rings. The van der Waals surface area contributed by atoms with Crippen LogP contribution in [0, 0.1) is 5.92 Å². The van der Waals surface area contributed by atoms with Crippen molar-refractivity contribution in [3.8, 4) is 10.8 Å². The predicted molar refractivity (Wildman–Crippen MR) is 135 cm³/mol. The van der Waals surface area contributed by atoms with Crippen molar-refractivity contribution in [3.05, 3.63) is 23.0 Å². The lowest BCUT2D eigenvalue weighted by atomic mass is 10.0. The van der Waals surface area contributed by atoms with Gasteiger partial charge in [0.15, 0.2) is 15.8 Å². The Bertz CT molecular complexity index is 1440. The van der Waals surface area contributed by atoms with Gasteiger partial charge in [0.1, 0.15) is 10.5 Å². The van der Waals surface area contributed by atoms with E-state index in [1.54, 1.807) is 34.7 Å². The summed E-state index contributed by atoms with van der Waals surface area (Å²) in [5, 5.41) is 10.1. The molecule has 0 saturated heterocycles. The largest absolute Gasteiger partial charge is 0.460 e. The van der Waals surface area contributed by atoms with Crippen molar-refractivity contribution in [2.24, 2.45) is 5.92 Å². The van der Waals surface area contributed by atoms with E-state index in [2.05, 4.69) is 25.2 Å². The standard InChI is InChI=1S/C23H30F2N6O4S2/c1-12(21(32)35-22(2,3)4)9-15-16-14(26-6)10-13(37(33,34)30-23(5)7-8-23)11-31(16)18(27-15)20-29-28-19(36-20)17(24)25/h10-12,17,26,30H,7-9H2,1-6H3. The lowest BCUT2D eigenvalue weighted by Gasteiger charge is -2.22. The number of nitrogens with zero attached hydrogens (tertiary/aromatic N) is 4. The fourth-order valence-corrected chi connectivity index (χ4v) is 5.93. The molecular formula is C23H30F2N6O4S2. The van der Waals surface area contributed by atoms with E-state index >= 15 is 0 Å². The van der Waals surface area contributed by atoms with Gasteiger partial charge in [-0.2, -0.15) is 0 Å². The minimum absolute atomic E-state index is 0.0264. The zero-order valence-corrected chi connectivity index (χ0v) is 23.1. The highest BCUT2D eigenvalue weighted by atomic mass is 32.2. The van der Waals surface area contributed by atoms with Gasteiger partial charge in [-0.25, -0.2) is 26.9 Å². The van der Waals surface area contributed by atoms with Gasteiger partial charge in [0, 0.05) is 25.2 Å². The highest BCUT2D eigenvalue weighted by Gasteiger charge is 2.41. The summed E-state index contributed by atoms with van der Waals surface area (Å²) in [6, 6.07) is 1.49. The Morgan fingerprint density at radius 2 is 1.97 bits per heavy atom. The number of rotatable bonds is 9. The van der Waals surface area contributed by atoms with Crippen LogP contribution in [-0.2, 0) is 26.0 Å². The second-order valence-electron chi connectivity index (χ2n) is 10.5. The molecule has 0 amide bonds. The molecule has 0 aromatic carbocycles. The van der Waals surface area contributed by atoms with Crippen molar-refractivity contribution >= 4 is 38.5 Å². The third-order valence-corrected chi connectivity index (χ3v) is 8.40. The van der Waals surface area contributed by atoms with Crippen LogP contribution in [0.2, 0.25) is 0 Å². The molecule has 0 radical (unpaired) electrons. The van der Waals surface area contributed by atoms with Crippen molar-refractivity contribution in [2.45, 2.75) is 76.3 Å². The molecule has 4 rings (SSSR count). The van der Waals surface area contributed by atoms with Gasteiger partial charge in [-0.05, 0) is 46.6 Å². The van der Waals surface area contributed by atoms with Crippen LogP contribution in [-0.4, -0.2) is 52.2 Å². The van der Waals surface area contributed by atoms with Crippen LogP contribution < -0.4 is 10.0 Å². The Balaban J connectivity index is 1.86. The maximum atomic E-state index is 13.2. The maximum Gasteiger partial charge on any atom is 0.309 e. The molecule has 1 unspecified atom stereocenters. The molecule has 3 aromatic rings. The van der Waals surface area contributed by atoms with E-state index in [1.165, 1.54) is 16.7 Å². The number of imidazole rings is 1. The van der Waals surface area contributed by atoms with Crippen LogP contribution in [0.5, 0.6) is 0 Å². The normalized spacial score (nSPS) is 16.2. The average molecular weight is 557 g/mol. The second-order valence-corrected chi connectivity index (χ2v) is 13.2. The van der Waals surface area contributed by atoms with Crippen molar-refractivity contribution in [1.29, 1.82) is 0 Å². The predicted octanol–water partition coefficient (Wildman–Crippen LogP) is 4.18. The number of carbonyl (C=O) groups excluding carboxylic acids is 1. The zero-order valence-electron chi connectivity index (χ0n) is 21.4. The second kappa shape index (κ2) is 9.55.